The lowest BCUT2D eigenvalue weighted by atomic mass is 10.0. The molecule has 7 heteroatoms. The van der Waals surface area contributed by atoms with E-state index in [0.29, 0.717) is 16.8 Å². The topological polar surface area (TPSA) is 93.7 Å². The highest BCUT2D eigenvalue weighted by atomic mass is 16.7. The van der Waals surface area contributed by atoms with Crippen LogP contribution in [0.5, 0.6) is 5.75 Å². The molecule has 0 aliphatic rings. The number of hydrogen-bond donors (Lipinski definition) is 2. The van der Waals surface area contributed by atoms with E-state index in [1.165, 1.54) is 12.1 Å². The zero-order valence-corrected chi connectivity index (χ0v) is 19.1. The molecule has 2 N–H and O–H groups in total. The molecule has 4 aromatic rings. The second-order valence-corrected chi connectivity index (χ2v) is 7.63. The Morgan fingerprint density at radius 1 is 0.771 bits per heavy atom. The second kappa shape index (κ2) is 11.0. The van der Waals surface area contributed by atoms with Crippen molar-refractivity contribution in [2.75, 3.05) is 11.9 Å². The number of carbonyl (C=O) groups is 3. The van der Waals surface area contributed by atoms with Crippen LogP contribution in [0.1, 0.15) is 33.2 Å². The van der Waals surface area contributed by atoms with E-state index < -0.39 is 6.16 Å². The van der Waals surface area contributed by atoms with Gasteiger partial charge in [-0.05, 0) is 59.7 Å². The minimum absolute atomic E-state index is 0.194. The average molecular weight is 469 g/mol. The molecule has 4 rings (SSSR count). The van der Waals surface area contributed by atoms with Crippen LogP contribution in [0.2, 0.25) is 0 Å². The Bertz CT molecular complexity index is 1360. The number of carbonyl (C=O) groups excluding carboxylic acids is 3. The van der Waals surface area contributed by atoms with Crippen molar-refractivity contribution >= 4 is 34.4 Å². The molecule has 4 aromatic carbocycles. The van der Waals surface area contributed by atoms with E-state index in [1.807, 2.05) is 54.6 Å². The average Bonchev–Trinajstić information content (AvgIpc) is 2.88. The summed E-state index contributed by atoms with van der Waals surface area (Å²) in [5.74, 6) is -0.253. The fraction of sp³-hybridized carbons (Fsp3) is 0.107. The molecule has 2 amide bonds. The Hall–Kier alpha value is -4.65. The van der Waals surface area contributed by atoms with E-state index in [-0.39, 0.29) is 30.7 Å². The Kier molecular flexibility index (Phi) is 7.37. The number of nitrogens with one attached hydrogen (secondary N) is 2. The van der Waals surface area contributed by atoms with Gasteiger partial charge in [0.05, 0.1) is 6.61 Å². The lowest BCUT2D eigenvalue weighted by Crippen LogP contribution is -2.24. The highest BCUT2D eigenvalue weighted by Crippen LogP contribution is 2.20. The van der Waals surface area contributed by atoms with Gasteiger partial charge in [-0.15, -0.1) is 0 Å². The van der Waals surface area contributed by atoms with Gasteiger partial charge in [-0.3, -0.25) is 9.59 Å². The quantitative estimate of drug-likeness (QED) is 0.274. The van der Waals surface area contributed by atoms with Gasteiger partial charge in [0.15, 0.2) is 0 Å². The summed E-state index contributed by atoms with van der Waals surface area (Å²) in [6.07, 6.45) is -0.802. The molecule has 176 valence electrons. The number of ether oxygens (including phenoxy) is 2. The zero-order valence-electron chi connectivity index (χ0n) is 19.1. The summed E-state index contributed by atoms with van der Waals surface area (Å²) < 4.78 is 9.75. The molecule has 0 spiro atoms. The number of benzene rings is 4. The van der Waals surface area contributed by atoms with Crippen LogP contribution < -0.4 is 15.4 Å². The molecule has 7 nitrogen and oxygen atoms in total. The van der Waals surface area contributed by atoms with E-state index in [0.717, 1.165) is 16.3 Å². The lowest BCUT2D eigenvalue weighted by Gasteiger charge is -2.13. The molecule has 0 radical (unpaired) electrons. The Morgan fingerprint density at radius 3 is 2.29 bits per heavy atom. The van der Waals surface area contributed by atoms with Gasteiger partial charge in [0.2, 0.25) is 0 Å². The third-order valence-corrected chi connectivity index (χ3v) is 5.32. The van der Waals surface area contributed by atoms with Crippen LogP contribution >= 0.6 is 0 Å². The van der Waals surface area contributed by atoms with Gasteiger partial charge in [0.25, 0.3) is 11.8 Å². The van der Waals surface area contributed by atoms with E-state index in [9.17, 15) is 14.4 Å². The first-order valence-electron chi connectivity index (χ1n) is 11.1. The molecule has 0 fully saturated rings. The minimum atomic E-state index is -0.802. The third kappa shape index (κ3) is 5.83. The maximum absolute atomic E-state index is 12.9. The molecule has 0 bridgehead atoms. The highest BCUT2D eigenvalue weighted by molar-refractivity contribution is 6.07. The van der Waals surface area contributed by atoms with Gasteiger partial charge >= 0.3 is 6.16 Å². The van der Waals surface area contributed by atoms with Gasteiger partial charge in [0.1, 0.15) is 5.75 Å². The SMILES string of the molecule is CCOC(=O)Oc1ccc(C(=O)Nc2ccccc2CNC(=O)c2cccc3ccccc23)cc1. The van der Waals surface area contributed by atoms with Crippen LogP contribution in [0.15, 0.2) is 91.0 Å². The third-order valence-electron chi connectivity index (χ3n) is 5.32. The van der Waals surface area contributed by atoms with E-state index in [1.54, 1.807) is 31.2 Å². The van der Waals surface area contributed by atoms with Crippen molar-refractivity contribution in [3.05, 3.63) is 108 Å². The Labute approximate surface area is 202 Å². The van der Waals surface area contributed by atoms with Gasteiger partial charge in [-0.2, -0.15) is 0 Å². The summed E-state index contributed by atoms with van der Waals surface area (Å²) in [7, 11) is 0. The first-order valence-corrected chi connectivity index (χ1v) is 11.1. The van der Waals surface area contributed by atoms with Crippen LogP contribution in [0.3, 0.4) is 0 Å². The van der Waals surface area contributed by atoms with Crippen molar-refractivity contribution in [2.45, 2.75) is 13.5 Å². The zero-order chi connectivity index (χ0) is 24.6. The number of fused-ring (bicyclic) bond motifs is 1. The number of para-hydroxylation sites is 1. The Balaban J connectivity index is 1.42. The van der Waals surface area contributed by atoms with Crippen LogP contribution in [-0.2, 0) is 11.3 Å². The standard InChI is InChI=1S/C28H24N2O5/c1-2-34-28(33)35-22-16-14-20(15-17-22)26(31)30-25-13-6-4-9-21(25)18-29-27(32)24-12-7-10-19-8-3-5-11-23(19)24/h3-17H,2,18H2,1H3,(H,29,32)(H,30,31). The van der Waals surface area contributed by atoms with Crippen LogP contribution in [0.25, 0.3) is 10.8 Å². The van der Waals surface area contributed by atoms with Crippen molar-refractivity contribution in [3.63, 3.8) is 0 Å². The molecule has 0 unspecified atom stereocenters. The van der Waals surface area contributed by atoms with Crippen LogP contribution in [0.4, 0.5) is 10.5 Å². The molecule has 0 heterocycles. The Morgan fingerprint density at radius 2 is 1.49 bits per heavy atom. The lowest BCUT2D eigenvalue weighted by molar-refractivity contribution is 0.0951. The molecular formula is C28H24N2O5. The van der Waals surface area contributed by atoms with Gasteiger partial charge in [-0.25, -0.2) is 4.79 Å². The van der Waals surface area contributed by atoms with E-state index in [2.05, 4.69) is 10.6 Å². The molecule has 0 aliphatic carbocycles. The van der Waals surface area contributed by atoms with Crippen molar-refractivity contribution in [1.82, 2.24) is 5.32 Å². The van der Waals surface area contributed by atoms with E-state index in [4.69, 9.17) is 9.47 Å². The van der Waals surface area contributed by atoms with Crippen molar-refractivity contribution in [2.24, 2.45) is 0 Å². The summed E-state index contributed by atoms with van der Waals surface area (Å²) in [6.45, 7) is 2.13. The monoisotopic (exact) mass is 468 g/mol. The number of hydrogen-bond acceptors (Lipinski definition) is 5. The molecular weight excluding hydrogens is 444 g/mol. The van der Waals surface area contributed by atoms with Crippen molar-refractivity contribution in [1.29, 1.82) is 0 Å². The smallest absolute Gasteiger partial charge is 0.434 e. The molecule has 0 atom stereocenters. The van der Waals surface area contributed by atoms with Gasteiger partial charge in [-0.1, -0.05) is 54.6 Å². The minimum Gasteiger partial charge on any atom is -0.434 e. The summed E-state index contributed by atoms with van der Waals surface area (Å²) in [5.41, 5.74) is 2.32. The highest BCUT2D eigenvalue weighted by Gasteiger charge is 2.13. The number of amides is 2. The summed E-state index contributed by atoms with van der Waals surface area (Å²) in [6, 6.07) is 26.7. The van der Waals surface area contributed by atoms with Crippen molar-refractivity contribution in [3.8, 4) is 5.75 Å². The fourth-order valence-electron chi connectivity index (χ4n) is 3.60. The first kappa shape index (κ1) is 23.5. The van der Waals surface area contributed by atoms with Crippen molar-refractivity contribution < 1.29 is 23.9 Å². The molecule has 35 heavy (non-hydrogen) atoms. The normalized spacial score (nSPS) is 10.4. The summed E-state index contributed by atoms with van der Waals surface area (Å²) in [5, 5.41) is 7.70. The van der Waals surface area contributed by atoms with Crippen LogP contribution in [0, 0.1) is 0 Å². The molecule has 0 aliphatic heterocycles. The summed E-state index contributed by atoms with van der Waals surface area (Å²) >= 11 is 0. The van der Waals surface area contributed by atoms with Crippen LogP contribution in [-0.4, -0.2) is 24.6 Å². The first-order chi connectivity index (χ1) is 17.0. The number of anilines is 1. The number of rotatable bonds is 7. The van der Waals surface area contributed by atoms with Gasteiger partial charge in [0, 0.05) is 23.4 Å². The maximum atomic E-state index is 12.9. The summed E-state index contributed by atoms with van der Waals surface area (Å²) in [4.78, 5) is 37.1. The van der Waals surface area contributed by atoms with Gasteiger partial charge < -0.3 is 20.1 Å². The molecule has 0 aromatic heterocycles. The second-order valence-electron chi connectivity index (χ2n) is 7.63. The predicted octanol–water partition coefficient (Wildman–Crippen LogP) is 5.56. The molecule has 0 saturated carbocycles. The predicted molar refractivity (Wildman–Crippen MR) is 134 cm³/mol. The maximum Gasteiger partial charge on any atom is 0.513 e. The largest absolute Gasteiger partial charge is 0.513 e. The van der Waals surface area contributed by atoms with E-state index >= 15 is 0 Å². The fourth-order valence-corrected chi connectivity index (χ4v) is 3.60. The molecule has 0 saturated heterocycles.